The van der Waals surface area contributed by atoms with Gasteiger partial charge in [0.15, 0.2) is 5.82 Å². The average molecular weight is 407 g/mol. The van der Waals surface area contributed by atoms with Gasteiger partial charge < -0.3 is 10.2 Å². The molecule has 0 atom stereocenters. The second kappa shape index (κ2) is 8.86. The Morgan fingerprint density at radius 2 is 2.00 bits per heavy atom. The summed E-state index contributed by atoms with van der Waals surface area (Å²) in [6, 6.07) is 4.07. The maximum Gasteiger partial charge on any atom is 0.321 e. The van der Waals surface area contributed by atoms with Crippen LogP contribution < -0.4 is 10.9 Å². The molecular formula is C20H27F2N5O2. The Balaban J connectivity index is 1.61. The summed E-state index contributed by atoms with van der Waals surface area (Å²) in [4.78, 5) is 26.3. The third-order valence-corrected chi connectivity index (χ3v) is 5.04. The second-order valence-corrected chi connectivity index (χ2v) is 8.33. The lowest BCUT2D eigenvalue weighted by Crippen LogP contribution is -2.39. The molecule has 0 radical (unpaired) electrons. The molecule has 7 nitrogen and oxygen atoms in total. The average Bonchev–Trinajstić information content (AvgIpc) is 3.10. The van der Waals surface area contributed by atoms with Gasteiger partial charge >= 0.3 is 6.55 Å². The number of carbonyl (C=O) groups is 1. The summed E-state index contributed by atoms with van der Waals surface area (Å²) in [5.41, 5.74) is -0.147. The largest absolute Gasteiger partial charge is 0.321 e. The van der Waals surface area contributed by atoms with Crippen LogP contribution in [0, 0.1) is 5.41 Å². The van der Waals surface area contributed by atoms with Gasteiger partial charge in [-0.2, -0.15) is 13.9 Å². The second-order valence-electron chi connectivity index (χ2n) is 8.33. The van der Waals surface area contributed by atoms with Crippen LogP contribution in [0.4, 0.5) is 14.6 Å². The van der Waals surface area contributed by atoms with Crippen molar-refractivity contribution in [2.45, 2.75) is 46.1 Å². The van der Waals surface area contributed by atoms with Crippen molar-refractivity contribution in [3.05, 3.63) is 34.7 Å². The zero-order valence-electron chi connectivity index (χ0n) is 16.8. The quantitative estimate of drug-likeness (QED) is 0.736. The van der Waals surface area contributed by atoms with Crippen LogP contribution in [0.3, 0.4) is 0 Å². The number of nitrogens with one attached hydrogen (secondary N) is 2. The number of hydrogen-bond acceptors (Lipinski definition) is 4. The van der Waals surface area contributed by atoms with Gasteiger partial charge in [-0.05, 0) is 37.4 Å². The smallest absolute Gasteiger partial charge is 0.309 e. The number of H-pyrrole nitrogens is 1. The predicted molar refractivity (Wildman–Crippen MR) is 107 cm³/mol. The lowest BCUT2D eigenvalue weighted by atomic mass is 9.87. The Kier molecular flexibility index (Phi) is 6.46. The minimum atomic E-state index is -2.92. The predicted octanol–water partition coefficient (Wildman–Crippen LogP) is 3.47. The lowest BCUT2D eigenvalue weighted by Gasteiger charge is -2.34. The van der Waals surface area contributed by atoms with Crippen molar-refractivity contribution < 1.29 is 13.6 Å². The van der Waals surface area contributed by atoms with E-state index in [2.05, 4.69) is 34.3 Å². The van der Waals surface area contributed by atoms with Gasteiger partial charge in [-0.1, -0.05) is 20.3 Å². The molecular weight excluding hydrogens is 380 g/mol. The fraction of sp³-hybridized carbons (Fsp3) is 0.550. The number of aromatic amines is 1. The van der Waals surface area contributed by atoms with Crippen molar-refractivity contribution in [3.8, 4) is 11.3 Å². The molecule has 1 aliphatic rings. The number of alkyl halides is 2. The Hall–Kier alpha value is -2.55. The highest BCUT2D eigenvalue weighted by Gasteiger charge is 2.26. The van der Waals surface area contributed by atoms with Gasteiger partial charge in [0.05, 0.1) is 5.69 Å². The molecule has 0 aliphatic carbocycles. The summed E-state index contributed by atoms with van der Waals surface area (Å²) in [5, 5.41) is 9.50. The highest BCUT2D eigenvalue weighted by atomic mass is 19.3. The summed E-state index contributed by atoms with van der Waals surface area (Å²) in [6.07, 6.45) is 5.10. The molecule has 3 rings (SSSR count). The number of aromatic nitrogens is 3. The van der Waals surface area contributed by atoms with Gasteiger partial charge in [0, 0.05) is 36.9 Å². The SMILES string of the molecule is CC(C)(CC(=O)Nc1cc(-c2ccc(=O)n(C(F)F)c2)[nH]n1)CN1CCCCC1. The summed E-state index contributed by atoms with van der Waals surface area (Å²) in [5.74, 6) is 0.163. The topological polar surface area (TPSA) is 83.0 Å². The van der Waals surface area contributed by atoms with Crippen LogP contribution in [0.25, 0.3) is 11.3 Å². The van der Waals surface area contributed by atoms with Crippen LogP contribution in [0.5, 0.6) is 0 Å². The molecule has 0 spiro atoms. The van der Waals surface area contributed by atoms with E-state index in [1.807, 2.05) is 0 Å². The zero-order valence-corrected chi connectivity index (χ0v) is 16.8. The summed E-state index contributed by atoms with van der Waals surface area (Å²) in [6.45, 7) is 4.24. The van der Waals surface area contributed by atoms with E-state index in [1.165, 1.54) is 25.3 Å². The molecule has 1 aliphatic heterocycles. The number of halogens is 2. The molecule has 1 amide bonds. The maximum absolute atomic E-state index is 12.9. The van der Waals surface area contributed by atoms with Crippen LogP contribution >= 0.6 is 0 Å². The van der Waals surface area contributed by atoms with E-state index >= 15 is 0 Å². The summed E-state index contributed by atoms with van der Waals surface area (Å²) >= 11 is 0. The van der Waals surface area contributed by atoms with E-state index in [-0.39, 0.29) is 11.3 Å². The van der Waals surface area contributed by atoms with Crippen LogP contribution in [-0.4, -0.2) is 45.2 Å². The van der Waals surface area contributed by atoms with Crippen molar-refractivity contribution in [3.63, 3.8) is 0 Å². The molecule has 0 unspecified atom stereocenters. The minimum absolute atomic E-state index is 0.150. The molecule has 3 heterocycles. The number of rotatable bonds is 7. The van der Waals surface area contributed by atoms with Crippen molar-refractivity contribution in [2.75, 3.05) is 25.0 Å². The number of piperidine rings is 1. The fourth-order valence-electron chi connectivity index (χ4n) is 3.75. The Labute approximate surface area is 168 Å². The molecule has 1 fully saturated rings. The van der Waals surface area contributed by atoms with E-state index in [1.54, 1.807) is 6.07 Å². The van der Waals surface area contributed by atoms with Crippen LogP contribution in [-0.2, 0) is 4.79 Å². The molecule has 2 N–H and O–H groups in total. The van der Waals surface area contributed by atoms with E-state index in [9.17, 15) is 18.4 Å². The van der Waals surface area contributed by atoms with Crippen LogP contribution in [0.1, 0.15) is 46.1 Å². The zero-order chi connectivity index (χ0) is 21.0. The third-order valence-electron chi connectivity index (χ3n) is 5.04. The number of likely N-dealkylation sites (tertiary alicyclic amines) is 1. The number of amides is 1. The van der Waals surface area contributed by atoms with Gasteiger partial charge in [-0.3, -0.25) is 19.3 Å². The summed E-state index contributed by atoms with van der Waals surface area (Å²) < 4.78 is 26.2. The minimum Gasteiger partial charge on any atom is -0.309 e. The molecule has 2 aromatic rings. The van der Waals surface area contributed by atoms with Crippen molar-refractivity contribution in [1.82, 2.24) is 19.7 Å². The van der Waals surface area contributed by atoms with Crippen LogP contribution in [0.15, 0.2) is 29.2 Å². The molecule has 0 bridgehead atoms. The molecule has 29 heavy (non-hydrogen) atoms. The van der Waals surface area contributed by atoms with Crippen LogP contribution in [0.2, 0.25) is 0 Å². The van der Waals surface area contributed by atoms with Gasteiger partial charge in [0.25, 0.3) is 5.56 Å². The molecule has 1 saturated heterocycles. The first-order valence-electron chi connectivity index (χ1n) is 9.82. The molecule has 0 saturated carbocycles. The number of hydrogen-bond donors (Lipinski definition) is 2. The molecule has 2 aromatic heterocycles. The first-order valence-corrected chi connectivity index (χ1v) is 9.82. The van der Waals surface area contributed by atoms with Gasteiger partial charge in [0.2, 0.25) is 5.91 Å². The van der Waals surface area contributed by atoms with Gasteiger partial charge in [-0.15, -0.1) is 0 Å². The number of carbonyl (C=O) groups excluding carboxylic acids is 1. The monoisotopic (exact) mass is 407 g/mol. The Morgan fingerprint density at radius 1 is 1.28 bits per heavy atom. The highest BCUT2D eigenvalue weighted by Crippen LogP contribution is 2.25. The van der Waals surface area contributed by atoms with Gasteiger partial charge in [0.1, 0.15) is 0 Å². The van der Waals surface area contributed by atoms with Gasteiger partial charge in [-0.25, -0.2) is 0 Å². The first-order chi connectivity index (χ1) is 13.7. The van der Waals surface area contributed by atoms with E-state index in [0.29, 0.717) is 28.1 Å². The molecule has 9 heteroatoms. The number of anilines is 1. The van der Waals surface area contributed by atoms with Crippen molar-refractivity contribution in [1.29, 1.82) is 0 Å². The Morgan fingerprint density at radius 3 is 2.69 bits per heavy atom. The fourth-order valence-corrected chi connectivity index (χ4v) is 3.75. The number of nitrogens with zero attached hydrogens (tertiary/aromatic N) is 3. The molecule has 0 aromatic carbocycles. The lowest BCUT2D eigenvalue weighted by molar-refractivity contribution is -0.118. The van der Waals surface area contributed by atoms with E-state index in [0.717, 1.165) is 31.9 Å². The van der Waals surface area contributed by atoms with E-state index < -0.39 is 12.1 Å². The van der Waals surface area contributed by atoms with Crippen molar-refractivity contribution in [2.24, 2.45) is 5.41 Å². The first kappa shape index (κ1) is 21.2. The standard InChI is InChI=1S/C20H27F2N5O2/c1-20(2,13-26-8-4-3-5-9-26)11-17(28)23-16-10-15(24-25-16)14-6-7-18(29)27(12-14)19(21)22/h6-7,10,12,19H,3-5,8-9,11,13H2,1-2H3,(H2,23,24,25,28). The molecule has 158 valence electrons. The summed E-state index contributed by atoms with van der Waals surface area (Å²) in [7, 11) is 0. The van der Waals surface area contributed by atoms with E-state index in [4.69, 9.17) is 0 Å². The Bertz CT molecular complexity index is 900. The highest BCUT2D eigenvalue weighted by molar-refractivity contribution is 5.90. The third kappa shape index (κ3) is 5.72. The van der Waals surface area contributed by atoms with Crippen molar-refractivity contribution >= 4 is 11.7 Å². The normalized spacial score (nSPS) is 15.6. The number of pyridine rings is 1. The maximum atomic E-state index is 12.9.